The number of oxime groups is 1. The number of nitrogens with zero attached hydrogens (tertiary/aromatic N) is 1. The second-order valence-electron chi connectivity index (χ2n) is 5.11. The summed E-state index contributed by atoms with van der Waals surface area (Å²) >= 11 is 23.5. The van der Waals surface area contributed by atoms with Crippen molar-refractivity contribution in [2.24, 2.45) is 5.16 Å². The SMILES string of the molecule is ON=Cc1ccc(CCOc2c(Cl)cc(OCC=C(Cl)Cl)cc2Cl)cc1. The van der Waals surface area contributed by atoms with Crippen LogP contribution < -0.4 is 9.47 Å². The molecule has 0 fully saturated rings. The van der Waals surface area contributed by atoms with E-state index in [2.05, 4.69) is 5.16 Å². The van der Waals surface area contributed by atoms with E-state index in [0.717, 1.165) is 11.1 Å². The Balaban J connectivity index is 1.93. The van der Waals surface area contributed by atoms with Crippen LogP contribution in [0.5, 0.6) is 11.5 Å². The van der Waals surface area contributed by atoms with Gasteiger partial charge in [-0.3, -0.25) is 0 Å². The molecule has 0 aliphatic heterocycles. The van der Waals surface area contributed by atoms with Crippen LogP contribution in [0, 0.1) is 0 Å². The van der Waals surface area contributed by atoms with Crippen LogP contribution in [0.4, 0.5) is 0 Å². The first-order chi connectivity index (χ1) is 12.5. The van der Waals surface area contributed by atoms with Crippen molar-refractivity contribution in [2.75, 3.05) is 13.2 Å². The summed E-state index contributed by atoms with van der Waals surface area (Å²) in [5.41, 5.74) is 1.88. The first-order valence-electron chi connectivity index (χ1n) is 7.51. The molecule has 8 heteroatoms. The minimum Gasteiger partial charge on any atom is -0.490 e. The summed E-state index contributed by atoms with van der Waals surface area (Å²) in [6, 6.07) is 10.8. The second kappa shape index (κ2) is 10.5. The molecule has 0 saturated carbocycles. The molecule has 4 nitrogen and oxygen atoms in total. The van der Waals surface area contributed by atoms with E-state index < -0.39 is 0 Å². The molecule has 0 saturated heterocycles. The van der Waals surface area contributed by atoms with E-state index in [0.29, 0.717) is 34.6 Å². The Bertz CT molecular complexity index is 765. The average molecular weight is 435 g/mol. The minimum atomic E-state index is 0.124. The van der Waals surface area contributed by atoms with E-state index in [1.165, 1.54) is 12.3 Å². The van der Waals surface area contributed by atoms with Crippen molar-refractivity contribution >= 4 is 52.6 Å². The average Bonchev–Trinajstić information content (AvgIpc) is 2.59. The molecule has 0 spiro atoms. The Morgan fingerprint density at radius 3 is 2.27 bits per heavy atom. The highest BCUT2D eigenvalue weighted by atomic mass is 35.5. The molecule has 0 bridgehead atoms. The van der Waals surface area contributed by atoms with Gasteiger partial charge in [-0.1, -0.05) is 75.8 Å². The third kappa shape index (κ3) is 6.61. The normalized spacial score (nSPS) is 10.8. The fourth-order valence-electron chi connectivity index (χ4n) is 2.07. The molecule has 0 amide bonds. The molecular weight excluding hydrogens is 420 g/mol. The van der Waals surface area contributed by atoms with Crippen LogP contribution in [0.3, 0.4) is 0 Å². The van der Waals surface area contributed by atoms with Gasteiger partial charge < -0.3 is 14.7 Å². The topological polar surface area (TPSA) is 51.1 Å². The molecule has 138 valence electrons. The van der Waals surface area contributed by atoms with Gasteiger partial charge in [-0.25, -0.2) is 0 Å². The third-order valence-electron chi connectivity index (χ3n) is 3.28. The van der Waals surface area contributed by atoms with Gasteiger partial charge >= 0.3 is 0 Å². The summed E-state index contributed by atoms with van der Waals surface area (Å²) in [5.74, 6) is 0.884. The fraction of sp³-hybridized carbons (Fsp3) is 0.167. The van der Waals surface area contributed by atoms with E-state index in [1.54, 1.807) is 12.1 Å². The van der Waals surface area contributed by atoms with Gasteiger partial charge in [-0.2, -0.15) is 0 Å². The highest BCUT2D eigenvalue weighted by molar-refractivity contribution is 6.55. The molecule has 0 unspecified atom stereocenters. The number of hydrogen-bond donors (Lipinski definition) is 1. The maximum Gasteiger partial charge on any atom is 0.156 e. The predicted molar refractivity (Wildman–Crippen MR) is 107 cm³/mol. The molecule has 0 atom stereocenters. The van der Waals surface area contributed by atoms with Crippen LogP contribution in [-0.4, -0.2) is 24.6 Å². The number of hydrogen-bond acceptors (Lipinski definition) is 4. The summed E-state index contributed by atoms with van der Waals surface area (Å²) in [6.45, 7) is 0.601. The lowest BCUT2D eigenvalue weighted by molar-refractivity contribution is 0.320. The summed E-state index contributed by atoms with van der Waals surface area (Å²) < 4.78 is 11.3. The molecule has 2 aromatic carbocycles. The van der Waals surface area contributed by atoms with Gasteiger partial charge in [-0.05, 0) is 17.2 Å². The van der Waals surface area contributed by atoms with Crippen molar-refractivity contribution in [2.45, 2.75) is 6.42 Å². The highest BCUT2D eigenvalue weighted by Crippen LogP contribution is 2.37. The summed E-state index contributed by atoms with van der Waals surface area (Å²) in [6.07, 6.45) is 3.54. The number of rotatable bonds is 8. The number of halogens is 4. The van der Waals surface area contributed by atoms with Gasteiger partial charge in [0, 0.05) is 18.6 Å². The largest absolute Gasteiger partial charge is 0.490 e. The van der Waals surface area contributed by atoms with Gasteiger partial charge in [-0.15, -0.1) is 0 Å². The lowest BCUT2D eigenvalue weighted by Crippen LogP contribution is -2.03. The first-order valence-corrected chi connectivity index (χ1v) is 9.03. The smallest absolute Gasteiger partial charge is 0.156 e. The van der Waals surface area contributed by atoms with E-state index in [1.807, 2.05) is 24.3 Å². The molecule has 1 N–H and O–H groups in total. The van der Waals surface area contributed by atoms with E-state index in [9.17, 15) is 0 Å². The van der Waals surface area contributed by atoms with E-state index in [-0.39, 0.29) is 11.1 Å². The van der Waals surface area contributed by atoms with Crippen molar-refractivity contribution in [3.63, 3.8) is 0 Å². The van der Waals surface area contributed by atoms with Gasteiger partial charge in [0.25, 0.3) is 0 Å². The van der Waals surface area contributed by atoms with Crippen molar-refractivity contribution in [3.05, 3.63) is 68.1 Å². The minimum absolute atomic E-state index is 0.124. The maximum absolute atomic E-state index is 8.50. The zero-order chi connectivity index (χ0) is 18.9. The molecular formula is C18H15Cl4NO3. The predicted octanol–water partition coefficient (Wildman–Crippen LogP) is 6.12. The Hall–Kier alpha value is -1.59. The molecule has 26 heavy (non-hydrogen) atoms. The first kappa shape index (κ1) is 20.7. The molecule has 0 aliphatic rings. The molecule has 2 rings (SSSR count). The van der Waals surface area contributed by atoms with E-state index in [4.69, 9.17) is 61.1 Å². The second-order valence-corrected chi connectivity index (χ2v) is 6.93. The van der Waals surface area contributed by atoms with Gasteiger partial charge in [0.1, 0.15) is 16.8 Å². The van der Waals surface area contributed by atoms with Gasteiger partial charge in [0.15, 0.2) is 5.75 Å². The maximum atomic E-state index is 8.50. The Kier molecular flexibility index (Phi) is 8.39. The molecule has 0 heterocycles. The monoisotopic (exact) mass is 433 g/mol. The Morgan fingerprint density at radius 1 is 1.04 bits per heavy atom. The lowest BCUT2D eigenvalue weighted by Gasteiger charge is -2.12. The zero-order valence-electron chi connectivity index (χ0n) is 13.5. The van der Waals surface area contributed by atoms with Crippen LogP contribution in [0.15, 0.2) is 52.1 Å². The van der Waals surface area contributed by atoms with Gasteiger partial charge in [0.2, 0.25) is 0 Å². The summed E-state index contributed by atoms with van der Waals surface area (Å²) in [7, 11) is 0. The zero-order valence-corrected chi connectivity index (χ0v) is 16.5. The van der Waals surface area contributed by atoms with Crippen LogP contribution in [0.2, 0.25) is 10.0 Å². The standard InChI is InChI=1S/C18H15Cl4NO3/c19-15-9-14(25-8-6-17(21)22)10-16(20)18(15)26-7-5-12-1-3-13(4-2-12)11-23-24/h1-4,6,9-11,24H,5,7-8H2. The fourth-order valence-corrected chi connectivity index (χ4v) is 2.77. The summed E-state index contributed by atoms with van der Waals surface area (Å²) in [4.78, 5) is 0. The molecule has 0 aromatic heterocycles. The molecule has 0 aliphatic carbocycles. The number of benzene rings is 2. The van der Waals surface area contributed by atoms with Crippen molar-refractivity contribution in [3.8, 4) is 11.5 Å². The third-order valence-corrected chi connectivity index (χ3v) is 4.15. The Morgan fingerprint density at radius 2 is 1.69 bits per heavy atom. The Labute approximate surface area is 171 Å². The van der Waals surface area contributed by atoms with Crippen LogP contribution in [-0.2, 0) is 6.42 Å². The van der Waals surface area contributed by atoms with Crippen LogP contribution in [0.25, 0.3) is 0 Å². The van der Waals surface area contributed by atoms with Crippen molar-refractivity contribution < 1.29 is 14.7 Å². The quantitative estimate of drug-likeness (QED) is 0.309. The highest BCUT2D eigenvalue weighted by Gasteiger charge is 2.10. The van der Waals surface area contributed by atoms with Crippen LogP contribution in [0.1, 0.15) is 11.1 Å². The van der Waals surface area contributed by atoms with Crippen molar-refractivity contribution in [1.82, 2.24) is 0 Å². The summed E-state index contributed by atoms with van der Waals surface area (Å²) in [5, 5.41) is 12.2. The molecule has 0 radical (unpaired) electrons. The molecule has 2 aromatic rings. The van der Waals surface area contributed by atoms with Gasteiger partial charge in [0.05, 0.1) is 22.9 Å². The van der Waals surface area contributed by atoms with Crippen LogP contribution >= 0.6 is 46.4 Å². The van der Waals surface area contributed by atoms with E-state index >= 15 is 0 Å². The number of ether oxygens (including phenoxy) is 2. The van der Waals surface area contributed by atoms with Crippen molar-refractivity contribution in [1.29, 1.82) is 0 Å². The lowest BCUT2D eigenvalue weighted by atomic mass is 10.1.